The summed E-state index contributed by atoms with van der Waals surface area (Å²) < 4.78 is 2.36. The van der Waals surface area contributed by atoms with Crippen LogP contribution in [0.4, 0.5) is 0 Å². The van der Waals surface area contributed by atoms with Gasteiger partial charge in [0.25, 0.3) is 0 Å². The van der Waals surface area contributed by atoms with Crippen molar-refractivity contribution in [2.45, 2.75) is 22.9 Å². The van der Waals surface area contributed by atoms with Gasteiger partial charge in [-0.1, -0.05) is 22.6 Å². The fourth-order valence-electron chi connectivity index (χ4n) is 1.59. The predicted octanol–water partition coefficient (Wildman–Crippen LogP) is 1.48. The second-order valence-corrected chi connectivity index (χ2v) is 5.47. The van der Waals surface area contributed by atoms with Gasteiger partial charge in [-0.3, -0.25) is 0 Å². The van der Waals surface area contributed by atoms with Crippen LogP contribution in [0.15, 0.2) is 18.3 Å². The quantitative estimate of drug-likeness (QED) is 0.557. The highest BCUT2D eigenvalue weighted by molar-refractivity contribution is 14.1. The van der Waals surface area contributed by atoms with Crippen LogP contribution in [0, 0.1) is 0 Å². The van der Waals surface area contributed by atoms with Crippen molar-refractivity contribution in [1.29, 1.82) is 0 Å². The summed E-state index contributed by atoms with van der Waals surface area (Å²) in [6, 6.07) is 4.50. The molecular weight excluding hydrogens is 251 g/mol. The van der Waals surface area contributed by atoms with Crippen LogP contribution < -0.4 is 5.73 Å². The SMILES string of the molecule is CC1(I)c2cccn2C[C@H]1N. The lowest BCUT2D eigenvalue weighted by Gasteiger charge is -2.20. The molecule has 0 aliphatic carbocycles. The molecule has 3 heteroatoms. The number of rotatable bonds is 0. The number of halogens is 1. The number of nitrogens with two attached hydrogens (primary N) is 1. The van der Waals surface area contributed by atoms with E-state index in [-0.39, 0.29) is 9.46 Å². The molecule has 2 atom stereocenters. The van der Waals surface area contributed by atoms with E-state index < -0.39 is 0 Å². The van der Waals surface area contributed by atoms with E-state index in [0.29, 0.717) is 0 Å². The molecule has 1 aromatic rings. The van der Waals surface area contributed by atoms with Crippen molar-refractivity contribution >= 4 is 22.6 Å². The van der Waals surface area contributed by atoms with Gasteiger partial charge in [-0.05, 0) is 19.1 Å². The van der Waals surface area contributed by atoms with Gasteiger partial charge < -0.3 is 10.3 Å². The maximum atomic E-state index is 5.98. The van der Waals surface area contributed by atoms with Gasteiger partial charge >= 0.3 is 0 Å². The molecule has 0 spiro atoms. The van der Waals surface area contributed by atoms with E-state index in [0.717, 1.165) is 6.54 Å². The smallest absolute Gasteiger partial charge is 0.0761 e. The Morgan fingerprint density at radius 2 is 2.55 bits per heavy atom. The third-order valence-electron chi connectivity index (χ3n) is 2.42. The van der Waals surface area contributed by atoms with Crippen LogP contribution in [-0.2, 0) is 9.97 Å². The highest BCUT2D eigenvalue weighted by atomic mass is 127. The first kappa shape index (κ1) is 7.61. The number of alkyl halides is 1. The van der Waals surface area contributed by atoms with Crippen molar-refractivity contribution in [2.75, 3.05) is 0 Å². The summed E-state index contributed by atoms with van der Waals surface area (Å²) >= 11 is 2.43. The minimum atomic E-state index is 0.126. The van der Waals surface area contributed by atoms with Crippen LogP contribution >= 0.6 is 22.6 Å². The number of aromatic nitrogens is 1. The molecule has 2 N–H and O–H groups in total. The Kier molecular flexibility index (Phi) is 1.54. The number of fused-ring (bicyclic) bond motifs is 1. The molecule has 0 saturated heterocycles. The van der Waals surface area contributed by atoms with Crippen LogP contribution in [0.3, 0.4) is 0 Å². The molecule has 1 aliphatic heterocycles. The van der Waals surface area contributed by atoms with Crippen LogP contribution in [0.5, 0.6) is 0 Å². The molecule has 0 radical (unpaired) electrons. The van der Waals surface area contributed by atoms with Crippen molar-refractivity contribution in [3.63, 3.8) is 0 Å². The summed E-state index contributed by atoms with van der Waals surface area (Å²) in [4.78, 5) is 0. The zero-order valence-electron chi connectivity index (χ0n) is 6.42. The Balaban J connectivity index is 2.52. The van der Waals surface area contributed by atoms with Gasteiger partial charge in [0, 0.05) is 24.5 Å². The molecule has 0 bridgehead atoms. The van der Waals surface area contributed by atoms with E-state index in [1.165, 1.54) is 5.69 Å². The third kappa shape index (κ3) is 0.939. The molecule has 0 saturated carbocycles. The molecule has 2 rings (SSSR count). The van der Waals surface area contributed by atoms with Gasteiger partial charge in [0.1, 0.15) is 0 Å². The minimum absolute atomic E-state index is 0.126. The fourth-order valence-corrected chi connectivity index (χ4v) is 2.28. The van der Waals surface area contributed by atoms with Crippen LogP contribution in [-0.4, -0.2) is 10.6 Å². The van der Waals surface area contributed by atoms with Crippen molar-refractivity contribution < 1.29 is 0 Å². The monoisotopic (exact) mass is 262 g/mol. The molecule has 0 fully saturated rings. The molecule has 0 amide bonds. The predicted molar refractivity (Wildman–Crippen MR) is 53.8 cm³/mol. The average Bonchev–Trinajstić information content (AvgIpc) is 2.41. The first-order chi connectivity index (χ1) is 5.12. The summed E-state index contributed by atoms with van der Waals surface area (Å²) in [6.07, 6.45) is 2.10. The van der Waals surface area contributed by atoms with E-state index in [1.54, 1.807) is 0 Å². The molecule has 1 aliphatic rings. The molecule has 2 heterocycles. The Bertz CT molecular complexity index is 277. The van der Waals surface area contributed by atoms with Crippen molar-refractivity contribution in [2.24, 2.45) is 5.73 Å². The van der Waals surface area contributed by atoms with Gasteiger partial charge in [-0.2, -0.15) is 0 Å². The summed E-state index contributed by atoms with van der Waals surface area (Å²) in [6.45, 7) is 3.15. The largest absolute Gasteiger partial charge is 0.349 e. The van der Waals surface area contributed by atoms with E-state index in [4.69, 9.17) is 5.73 Å². The standard InChI is InChI=1S/C8H11IN2/c1-8(9)6(10)5-11-4-2-3-7(8)11/h2-4,6H,5,10H2,1H3/t6-,8?/m1/s1. The van der Waals surface area contributed by atoms with Gasteiger partial charge in [0.2, 0.25) is 0 Å². The fraction of sp³-hybridized carbons (Fsp3) is 0.500. The van der Waals surface area contributed by atoms with Gasteiger partial charge in [-0.15, -0.1) is 0 Å². The summed E-state index contributed by atoms with van der Waals surface area (Å²) in [5.74, 6) is 0. The Morgan fingerprint density at radius 1 is 1.82 bits per heavy atom. The lowest BCUT2D eigenvalue weighted by molar-refractivity contribution is 0.565. The summed E-state index contributed by atoms with van der Waals surface area (Å²) in [5.41, 5.74) is 7.33. The lowest BCUT2D eigenvalue weighted by atomic mass is 10.0. The zero-order chi connectivity index (χ0) is 8.06. The number of nitrogens with zero attached hydrogens (tertiary/aromatic N) is 1. The molecule has 1 aromatic heterocycles. The first-order valence-electron chi connectivity index (χ1n) is 3.72. The van der Waals surface area contributed by atoms with Gasteiger partial charge in [0.05, 0.1) is 3.42 Å². The normalized spacial score (nSPS) is 35.7. The third-order valence-corrected chi connectivity index (χ3v) is 3.77. The van der Waals surface area contributed by atoms with E-state index in [9.17, 15) is 0 Å². The first-order valence-corrected chi connectivity index (χ1v) is 4.80. The Hall–Kier alpha value is -0.0300. The average molecular weight is 262 g/mol. The molecule has 0 aromatic carbocycles. The zero-order valence-corrected chi connectivity index (χ0v) is 8.58. The number of hydrogen-bond acceptors (Lipinski definition) is 1. The van der Waals surface area contributed by atoms with Crippen LogP contribution in [0.25, 0.3) is 0 Å². The van der Waals surface area contributed by atoms with E-state index in [1.807, 2.05) is 0 Å². The highest BCUT2D eigenvalue weighted by Gasteiger charge is 2.38. The molecule has 1 unspecified atom stereocenters. The second kappa shape index (κ2) is 2.23. The van der Waals surface area contributed by atoms with Gasteiger partial charge in [-0.25, -0.2) is 0 Å². The highest BCUT2D eigenvalue weighted by Crippen LogP contribution is 2.39. The summed E-state index contributed by atoms with van der Waals surface area (Å²) in [5, 5.41) is 0. The Morgan fingerprint density at radius 3 is 3.18 bits per heavy atom. The maximum Gasteiger partial charge on any atom is 0.0761 e. The summed E-state index contributed by atoms with van der Waals surface area (Å²) in [7, 11) is 0. The molecule has 60 valence electrons. The topological polar surface area (TPSA) is 30.9 Å². The van der Waals surface area contributed by atoms with Crippen LogP contribution in [0.2, 0.25) is 0 Å². The molecular formula is C8H11IN2. The second-order valence-electron chi connectivity index (χ2n) is 3.23. The van der Waals surface area contributed by atoms with Crippen LogP contribution in [0.1, 0.15) is 12.6 Å². The Labute approximate surface area is 79.9 Å². The van der Waals surface area contributed by atoms with Gasteiger partial charge in [0.15, 0.2) is 0 Å². The molecule has 11 heavy (non-hydrogen) atoms. The number of hydrogen-bond donors (Lipinski definition) is 1. The van der Waals surface area contributed by atoms with Crippen molar-refractivity contribution in [3.8, 4) is 0 Å². The lowest BCUT2D eigenvalue weighted by Crippen LogP contribution is -2.34. The maximum absolute atomic E-state index is 5.98. The van der Waals surface area contributed by atoms with Crippen molar-refractivity contribution in [1.82, 2.24) is 4.57 Å². The van der Waals surface area contributed by atoms with E-state index in [2.05, 4.69) is 52.4 Å². The molecule has 2 nitrogen and oxygen atoms in total. The van der Waals surface area contributed by atoms with Crippen molar-refractivity contribution in [3.05, 3.63) is 24.0 Å². The van der Waals surface area contributed by atoms with E-state index >= 15 is 0 Å². The minimum Gasteiger partial charge on any atom is -0.349 e.